The summed E-state index contributed by atoms with van der Waals surface area (Å²) in [4.78, 5) is 11.0. The Labute approximate surface area is 135 Å². The molecule has 0 aliphatic heterocycles. The molecule has 0 saturated heterocycles. The Bertz CT molecular complexity index is 557. The first-order chi connectivity index (χ1) is 10.5. The molecule has 1 aromatic rings. The van der Waals surface area contributed by atoms with E-state index in [0.29, 0.717) is 28.9 Å². The smallest absolute Gasteiger partial charge is 0.355 e. The largest absolute Gasteiger partial charge is 0.493 e. The normalized spacial score (nSPS) is 14.4. The molecule has 0 bridgehead atoms. The summed E-state index contributed by atoms with van der Waals surface area (Å²) < 4.78 is 5.61. The number of nitrogens with one attached hydrogen (secondary N) is 1. The van der Waals surface area contributed by atoms with Crippen molar-refractivity contribution in [1.29, 1.82) is 0 Å². The molecule has 0 heterocycles. The monoisotopic (exact) mass is 327 g/mol. The van der Waals surface area contributed by atoms with Crippen LogP contribution in [0.4, 0.5) is 0 Å². The van der Waals surface area contributed by atoms with Gasteiger partial charge in [0.1, 0.15) is 5.75 Å². The van der Waals surface area contributed by atoms with Crippen LogP contribution in [0.25, 0.3) is 5.70 Å². The molecular weight excluding hydrogens is 306 g/mol. The predicted molar refractivity (Wildman–Crippen MR) is 87.1 cm³/mol. The number of nitrogens with two attached hydrogens (primary N) is 2. The second-order valence-electron chi connectivity index (χ2n) is 4.63. The molecule has 0 amide bonds. The zero-order chi connectivity index (χ0) is 16.7. The molecule has 0 unspecified atom stereocenters. The lowest BCUT2D eigenvalue weighted by atomic mass is 10.1. The molecule has 0 spiro atoms. The number of halogens is 1. The summed E-state index contributed by atoms with van der Waals surface area (Å²) >= 11 is 6.04. The van der Waals surface area contributed by atoms with E-state index in [-0.39, 0.29) is 11.4 Å². The van der Waals surface area contributed by atoms with E-state index in [2.05, 4.69) is 5.43 Å². The standard InChI is InChI=1S/C13H16ClN3O3.C2H6/c14-10-4-3-8(20-6-7-1-2-7)5-9(10)11(15)12(17-16)13(18)19;1-2/h3-5,7,17H,1-2,6,15-16H2,(H,18,19);1-2H3/b12-11-;. The number of hydrazine groups is 1. The Morgan fingerprint density at radius 1 is 1.45 bits per heavy atom. The number of carboxylic acids is 1. The van der Waals surface area contributed by atoms with Gasteiger partial charge < -0.3 is 21.0 Å². The topological polar surface area (TPSA) is 111 Å². The van der Waals surface area contributed by atoms with Crippen LogP contribution in [0.3, 0.4) is 0 Å². The van der Waals surface area contributed by atoms with Crippen molar-refractivity contribution in [2.75, 3.05) is 6.61 Å². The molecule has 1 aliphatic carbocycles. The fourth-order valence-corrected chi connectivity index (χ4v) is 1.91. The molecule has 7 heteroatoms. The molecule has 0 aromatic heterocycles. The van der Waals surface area contributed by atoms with E-state index in [0.717, 1.165) is 0 Å². The van der Waals surface area contributed by atoms with E-state index in [1.807, 2.05) is 13.8 Å². The predicted octanol–water partition coefficient (Wildman–Crippen LogP) is 2.33. The summed E-state index contributed by atoms with van der Waals surface area (Å²) in [6.45, 7) is 4.64. The highest BCUT2D eigenvalue weighted by Gasteiger charge is 2.22. The minimum Gasteiger partial charge on any atom is -0.493 e. The third kappa shape index (κ3) is 4.82. The number of benzene rings is 1. The molecule has 0 radical (unpaired) electrons. The van der Waals surface area contributed by atoms with Gasteiger partial charge in [-0.25, -0.2) is 4.79 Å². The third-order valence-electron chi connectivity index (χ3n) is 3.04. The van der Waals surface area contributed by atoms with Crippen LogP contribution >= 0.6 is 11.6 Å². The molecule has 1 aliphatic rings. The van der Waals surface area contributed by atoms with Gasteiger partial charge in [-0.3, -0.25) is 5.84 Å². The van der Waals surface area contributed by atoms with E-state index < -0.39 is 5.97 Å². The number of hydrogen-bond acceptors (Lipinski definition) is 5. The molecule has 1 aromatic carbocycles. The van der Waals surface area contributed by atoms with Crippen molar-refractivity contribution in [3.05, 3.63) is 34.5 Å². The molecule has 22 heavy (non-hydrogen) atoms. The molecule has 6 N–H and O–H groups in total. The van der Waals surface area contributed by atoms with Crippen molar-refractivity contribution >= 4 is 23.3 Å². The fraction of sp³-hybridized carbons (Fsp3) is 0.400. The maximum absolute atomic E-state index is 11.0. The SMILES string of the molecule is CC.NN/C(C(=O)O)=C(\N)c1cc(OCC2CC2)ccc1Cl. The summed E-state index contributed by atoms with van der Waals surface area (Å²) in [5, 5.41) is 9.32. The van der Waals surface area contributed by atoms with Crippen LogP contribution in [0, 0.1) is 5.92 Å². The highest BCUT2D eigenvalue weighted by molar-refractivity contribution is 6.32. The minimum absolute atomic E-state index is 0.0399. The Kier molecular flexibility index (Phi) is 7.01. The fourth-order valence-electron chi connectivity index (χ4n) is 1.69. The number of aliphatic carboxylic acids is 1. The average Bonchev–Trinajstić information content (AvgIpc) is 3.33. The number of carboxylic acid groups (broad SMARTS) is 1. The molecule has 122 valence electrons. The van der Waals surface area contributed by atoms with Crippen LogP contribution in [0.5, 0.6) is 5.75 Å². The van der Waals surface area contributed by atoms with Crippen LogP contribution < -0.4 is 21.7 Å². The first-order valence-electron chi connectivity index (χ1n) is 7.15. The van der Waals surface area contributed by atoms with E-state index >= 15 is 0 Å². The van der Waals surface area contributed by atoms with Gasteiger partial charge in [-0.15, -0.1) is 0 Å². The van der Waals surface area contributed by atoms with Gasteiger partial charge in [0.05, 0.1) is 17.3 Å². The van der Waals surface area contributed by atoms with Crippen molar-refractivity contribution in [3.8, 4) is 5.75 Å². The number of rotatable bonds is 6. The number of carbonyl (C=O) groups is 1. The summed E-state index contributed by atoms with van der Waals surface area (Å²) in [5.74, 6) is 5.12. The Hall–Kier alpha value is -1.92. The highest BCUT2D eigenvalue weighted by Crippen LogP contribution is 2.31. The Balaban J connectivity index is 0.00000116. The maximum Gasteiger partial charge on any atom is 0.355 e. The van der Waals surface area contributed by atoms with Crippen molar-refractivity contribution in [2.24, 2.45) is 17.5 Å². The van der Waals surface area contributed by atoms with Crippen molar-refractivity contribution < 1.29 is 14.6 Å². The molecule has 0 atom stereocenters. The Morgan fingerprint density at radius 3 is 2.59 bits per heavy atom. The lowest BCUT2D eigenvalue weighted by molar-refractivity contribution is -0.133. The van der Waals surface area contributed by atoms with Gasteiger partial charge in [-0.05, 0) is 37.0 Å². The molecule has 1 saturated carbocycles. The number of ether oxygens (including phenoxy) is 1. The van der Waals surface area contributed by atoms with Crippen LogP contribution in [0.2, 0.25) is 5.02 Å². The summed E-state index contributed by atoms with van der Waals surface area (Å²) in [5.41, 5.74) is 7.88. The zero-order valence-corrected chi connectivity index (χ0v) is 13.5. The highest BCUT2D eigenvalue weighted by atomic mass is 35.5. The van der Waals surface area contributed by atoms with E-state index in [1.54, 1.807) is 18.2 Å². The van der Waals surface area contributed by atoms with Crippen molar-refractivity contribution in [1.82, 2.24) is 5.43 Å². The lowest BCUT2D eigenvalue weighted by Gasteiger charge is -2.12. The maximum atomic E-state index is 11.0. The van der Waals surface area contributed by atoms with Gasteiger partial charge in [0, 0.05) is 5.56 Å². The van der Waals surface area contributed by atoms with Crippen molar-refractivity contribution in [3.63, 3.8) is 0 Å². The molecule has 6 nitrogen and oxygen atoms in total. The molecular formula is C15H22ClN3O3. The lowest BCUT2D eigenvalue weighted by Crippen LogP contribution is -2.29. The van der Waals surface area contributed by atoms with Gasteiger partial charge in [0.15, 0.2) is 5.70 Å². The van der Waals surface area contributed by atoms with Gasteiger partial charge in [0.2, 0.25) is 0 Å². The first-order valence-corrected chi connectivity index (χ1v) is 7.53. The van der Waals surface area contributed by atoms with E-state index in [4.69, 9.17) is 33.0 Å². The van der Waals surface area contributed by atoms with Gasteiger partial charge in [-0.2, -0.15) is 0 Å². The van der Waals surface area contributed by atoms with Crippen LogP contribution in [-0.4, -0.2) is 17.7 Å². The molecule has 2 rings (SSSR count). The second-order valence-corrected chi connectivity index (χ2v) is 5.04. The second kappa shape index (κ2) is 8.51. The zero-order valence-electron chi connectivity index (χ0n) is 12.7. The van der Waals surface area contributed by atoms with Crippen LogP contribution in [0.1, 0.15) is 32.3 Å². The van der Waals surface area contributed by atoms with Gasteiger partial charge >= 0.3 is 5.97 Å². The summed E-state index contributed by atoms with van der Waals surface area (Å²) in [7, 11) is 0. The Morgan fingerprint density at radius 2 is 2.09 bits per heavy atom. The average molecular weight is 328 g/mol. The van der Waals surface area contributed by atoms with Gasteiger partial charge in [0.25, 0.3) is 0 Å². The van der Waals surface area contributed by atoms with Crippen molar-refractivity contribution in [2.45, 2.75) is 26.7 Å². The quantitative estimate of drug-likeness (QED) is 0.362. The van der Waals surface area contributed by atoms with Crippen LogP contribution in [-0.2, 0) is 4.79 Å². The van der Waals surface area contributed by atoms with Crippen LogP contribution in [0.15, 0.2) is 23.9 Å². The molecule has 1 fully saturated rings. The summed E-state index contributed by atoms with van der Waals surface area (Å²) in [6, 6.07) is 4.94. The first kappa shape index (κ1) is 18.1. The summed E-state index contributed by atoms with van der Waals surface area (Å²) in [6.07, 6.45) is 2.37. The third-order valence-corrected chi connectivity index (χ3v) is 3.37. The van der Waals surface area contributed by atoms with E-state index in [1.165, 1.54) is 12.8 Å². The minimum atomic E-state index is -1.26. The number of hydrogen-bond donors (Lipinski definition) is 4. The van der Waals surface area contributed by atoms with E-state index in [9.17, 15) is 4.79 Å². The van der Waals surface area contributed by atoms with Gasteiger partial charge in [-0.1, -0.05) is 25.4 Å².